The molecule has 1 saturated carbocycles. The fourth-order valence-electron chi connectivity index (χ4n) is 6.61. The zero-order valence-corrected chi connectivity index (χ0v) is 23.9. The number of pyridine rings is 2. The van der Waals surface area contributed by atoms with Gasteiger partial charge in [-0.1, -0.05) is 29.3 Å². The third-order valence-electron chi connectivity index (χ3n) is 8.69. The second kappa shape index (κ2) is 10.1. The predicted octanol–water partition coefficient (Wildman–Crippen LogP) is 3.72. The number of aromatic nitrogens is 2. The van der Waals surface area contributed by atoms with Gasteiger partial charge in [0, 0.05) is 61.8 Å². The van der Waals surface area contributed by atoms with Gasteiger partial charge in [-0.05, 0) is 50.7 Å². The minimum absolute atomic E-state index is 0.0890. The standard InChI is InChI=1S/C26H34Cl2N6O3S/c1-3-38(35,36)34-14-26(15-34)12-33(13-26)23-7-4-17(9-30-23)25-19-8-18(5-6-22(19)31-32-25)37-16(2)24-20(27)10-29-11-21(24)28/h4,7,9-11,16,18-19,22,25,31-32H,3,5-6,8,12-15H2,1-2H3/t16-,18?,19?,22?,25?/m1/s1. The zero-order valence-electron chi connectivity index (χ0n) is 21.6. The van der Waals surface area contributed by atoms with Crippen LogP contribution in [0.25, 0.3) is 0 Å². The van der Waals surface area contributed by atoms with Crippen LogP contribution in [0.15, 0.2) is 30.7 Å². The van der Waals surface area contributed by atoms with Crippen molar-refractivity contribution >= 4 is 39.0 Å². The molecule has 0 aromatic carbocycles. The van der Waals surface area contributed by atoms with Gasteiger partial charge in [0.2, 0.25) is 10.0 Å². The average molecular weight is 582 g/mol. The summed E-state index contributed by atoms with van der Waals surface area (Å²) < 4.78 is 32.2. The summed E-state index contributed by atoms with van der Waals surface area (Å²) in [5.74, 6) is 1.50. The molecule has 12 heteroatoms. The summed E-state index contributed by atoms with van der Waals surface area (Å²) in [6, 6.07) is 4.79. The lowest BCUT2D eigenvalue weighted by molar-refractivity contribution is -0.0370. The normalized spacial score (nSPS) is 29.5. The first kappa shape index (κ1) is 26.7. The number of fused-ring (bicyclic) bond motifs is 1. The lowest BCUT2D eigenvalue weighted by atomic mass is 9.74. The van der Waals surface area contributed by atoms with Crippen LogP contribution in [0, 0.1) is 11.3 Å². The average Bonchev–Trinajstić information content (AvgIpc) is 3.26. The molecule has 2 aromatic rings. The molecule has 4 unspecified atom stereocenters. The molecule has 0 radical (unpaired) electrons. The highest BCUT2D eigenvalue weighted by Gasteiger charge is 2.55. The smallest absolute Gasteiger partial charge is 0.213 e. The van der Waals surface area contributed by atoms with Gasteiger partial charge in [0.1, 0.15) is 5.82 Å². The maximum atomic E-state index is 12.1. The van der Waals surface area contributed by atoms with Crippen LogP contribution in [-0.4, -0.2) is 66.8 Å². The Bertz CT molecular complexity index is 1260. The molecule has 1 spiro atoms. The molecule has 4 aliphatic rings. The van der Waals surface area contributed by atoms with Crippen LogP contribution in [0.5, 0.6) is 0 Å². The van der Waals surface area contributed by atoms with E-state index in [0.717, 1.165) is 49.3 Å². The van der Waals surface area contributed by atoms with Gasteiger partial charge in [0.25, 0.3) is 0 Å². The molecule has 0 amide bonds. The molecule has 9 nitrogen and oxygen atoms in total. The number of hydrogen-bond donors (Lipinski definition) is 2. The summed E-state index contributed by atoms with van der Waals surface area (Å²) in [7, 11) is -3.08. The van der Waals surface area contributed by atoms with Crippen LogP contribution >= 0.6 is 23.2 Å². The summed E-state index contributed by atoms with van der Waals surface area (Å²) in [4.78, 5) is 11.1. The lowest BCUT2D eigenvalue weighted by Crippen LogP contribution is -2.73. The van der Waals surface area contributed by atoms with Gasteiger partial charge < -0.3 is 9.64 Å². The van der Waals surface area contributed by atoms with Crippen molar-refractivity contribution in [3.8, 4) is 0 Å². The molecule has 4 fully saturated rings. The van der Waals surface area contributed by atoms with Gasteiger partial charge in [-0.2, -0.15) is 0 Å². The highest BCUT2D eigenvalue weighted by atomic mass is 35.5. The van der Waals surface area contributed by atoms with Crippen molar-refractivity contribution in [3.05, 3.63) is 51.9 Å². The van der Waals surface area contributed by atoms with Gasteiger partial charge >= 0.3 is 0 Å². The molecule has 2 N–H and O–H groups in total. The fourth-order valence-corrected chi connectivity index (χ4v) is 8.59. The first-order valence-corrected chi connectivity index (χ1v) is 15.7. The van der Waals surface area contributed by atoms with Gasteiger partial charge in [0.05, 0.1) is 34.0 Å². The number of nitrogens with one attached hydrogen (secondary N) is 2. The van der Waals surface area contributed by atoms with E-state index in [0.29, 0.717) is 35.1 Å². The summed E-state index contributed by atoms with van der Waals surface area (Å²) in [5.41, 5.74) is 9.02. The zero-order chi connectivity index (χ0) is 26.7. The second-order valence-corrected chi connectivity index (χ2v) is 14.3. The lowest BCUT2D eigenvalue weighted by Gasteiger charge is -2.59. The van der Waals surface area contributed by atoms with Crippen LogP contribution in [0.4, 0.5) is 5.82 Å². The molecule has 6 rings (SSSR count). The van der Waals surface area contributed by atoms with Gasteiger partial charge in [0.15, 0.2) is 0 Å². The van der Waals surface area contributed by atoms with Crippen molar-refractivity contribution < 1.29 is 13.2 Å². The molecular formula is C26H34Cl2N6O3S. The van der Waals surface area contributed by atoms with E-state index in [4.69, 9.17) is 32.9 Å². The van der Waals surface area contributed by atoms with E-state index in [-0.39, 0.29) is 29.4 Å². The summed E-state index contributed by atoms with van der Waals surface area (Å²) in [6.07, 6.45) is 8.00. The van der Waals surface area contributed by atoms with E-state index >= 15 is 0 Å². The van der Waals surface area contributed by atoms with E-state index < -0.39 is 10.0 Å². The molecule has 3 aliphatic heterocycles. The molecule has 2 aromatic heterocycles. The maximum Gasteiger partial charge on any atom is 0.213 e. The quantitative estimate of drug-likeness (QED) is 0.511. The Hall–Kier alpha value is -1.53. The van der Waals surface area contributed by atoms with E-state index in [1.165, 1.54) is 0 Å². The number of hydrogen-bond acceptors (Lipinski definition) is 8. The van der Waals surface area contributed by atoms with Crippen LogP contribution in [0.2, 0.25) is 10.0 Å². The number of sulfonamides is 1. The number of nitrogens with zero attached hydrogens (tertiary/aromatic N) is 4. The van der Waals surface area contributed by atoms with E-state index in [2.05, 4.69) is 32.9 Å². The van der Waals surface area contributed by atoms with Crippen LogP contribution in [0.1, 0.15) is 56.4 Å². The Morgan fingerprint density at radius 3 is 2.50 bits per heavy atom. The van der Waals surface area contributed by atoms with Crippen LogP contribution in [-0.2, 0) is 14.8 Å². The number of anilines is 1. The largest absolute Gasteiger partial charge is 0.370 e. The predicted molar refractivity (Wildman–Crippen MR) is 148 cm³/mol. The molecule has 206 valence electrons. The van der Waals surface area contributed by atoms with Crippen LogP contribution < -0.4 is 15.8 Å². The summed E-state index contributed by atoms with van der Waals surface area (Å²) >= 11 is 12.7. The fraction of sp³-hybridized carbons (Fsp3) is 0.615. The van der Waals surface area contributed by atoms with Crippen molar-refractivity contribution in [3.63, 3.8) is 0 Å². The summed E-state index contributed by atoms with van der Waals surface area (Å²) in [5, 5.41) is 1.06. The first-order chi connectivity index (χ1) is 18.2. The monoisotopic (exact) mass is 580 g/mol. The van der Waals surface area contributed by atoms with Crippen molar-refractivity contribution in [1.82, 2.24) is 25.1 Å². The Morgan fingerprint density at radius 2 is 1.84 bits per heavy atom. The molecule has 3 saturated heterocycles. The number of halogens is 2. The van der Waals surface area contributed by atoms with Gasteiger partial charge in [-0.15, -0.1) is 0 Å². The minimum Gasteiger partial charge on any atom is -0.370 e. The Kier molecular flexibility index (Phi) is 7.12. The second-order valence-electron chi connectivity index (χ2n) is 11.2. The third kappa shape index (κ3) is 4.82. The molecule has 38 heavy (non-hydrogen) atoms. The SMILES string of the molecule is CCS(=O)(=O)N1CC2(CN(c3ccc(C4NNC5CCC(O[C@H](C)c6c(Cl)cncc6Cl)CC54)cn3)C2)C1. The van der Waals surface area contributed by atoms with Crippen molar-refractivity contribution in [1.29, 1.82) is 0 Å². The Balaban J connectivity index is 1.06. The van der Waals surface area contributed by atoms with Crippen LogP contribution in [0.3, 0.4) is 0 Å². The minimum atomic E-state index is -3.08. The number of ether oxygens (including phenoxy) is 1. The highest BCUT2D eigenvalue weighted by molar-refractivity contribution is 7.89. The molecule has 0 bridgehead atoms. The van der Waals surface area contributed by atoms with E-state index in [1.54, 1.807) is 23.6 Å². The number of rotatable bonds is 7. The molecule has 1 aliphatic carbocycles. The van der Waals surface area contributed by atoms with Crippen molar-refractivity contribution in [2.24, 2.45) is 11.3 Å². The molecule has 5 heterocycles. The third-order valence-corrected chi connectivity index (χ3v) is 11.1. The highest BCUT2D eigenvalue weighted by Crippen LogP contribution is 2.44. The molecular weight excluding hydrogens is 547 g/mol. The Morgan fingerprint density at radius 1 is 1.11 bits per heavy atom. The Labute approximate surface area is 234 Å². The van der Waals surface area contributed by atoms with Crippen molar-refractivity contribution in [2.45, 2.75) is 57.4 Å². The van der Waals surface area contributed by atoms with E-state index in [1.807, 2.05) is 13.1 Å². The summed E-state index contributed by atoms with van der Waals surface area (Å²) in [6.45, 7) is 6.65. The van der Waals surface area contributed by atoms with Crippen molar-refractivity contribution in [2.75, 3.05) is 36.8 Å². The maximum absolute atomic E-state index is 12.1. The topological polar surface area (TPSA) is 99.7 Å². The number of hydrazine groups is 1. The molecule has 5 atom stereocenters. The van der Waals surface area contributed by atoms with E-state index in [9.17, 15) is 8.42 Å². The van der Waals surface area contributed by atoms with Gasteiger partial charge in [-0.25, -0.2) is 23.1 Å². The first-order valence-electron chi connectivity index (χ1n) is 13.3. The van der Waals surface area contributed by atoms with Gasteiger partial charge in [-0.3, -0.25) is 10.4 Å².